The number of hydrogen-bond donors (Lipinski definition) is 2. The second-order valence-corrected chi connectivity index (χ2v) is 6.26. The Kier molecular flexibility index (Phi) is 6.66. The number of carbonyl (C=O) groups excluding carboxylic acids is 1. The van der Waals surface area contributed by atoms with Gasteiger partial charge in [-0.15, -0.1) is 35.5 Å². The lowest BCUT2D eigenvalue weighted by atomic mass is 10.2. The molecule has 0 spiro atoms. The zero-order chi connectivity index (χ0) is 15.8. The summed E-state index contributed by atoms with van der Waals surface area (Å²) in [7, 11) is 0. The summed E-state index contributed by atoms with van der Waals surface area (Å²) in [6.45, 7) is 2.31. The largest absolute Gasteiger partial charge is 0.477 e. The van der Waals surface area contributed by atoms with E-state index >= 15 is 0 Å². The Bertz CT molecular complexity index is 627. The fraction of sp³-hybridized carbons (Fsp3) is 0.200. The topological polar surface area (TPSA) is 66.4 Å². The van der Waals surface area contributed by atoms with Gasteiger partial charge in [0.2, 0.25) is 0 Å². The molecule has 0 saturated carbocycles. The van der Waals surface area contributed by atoms with E-state index in [9.17, 15) is 9.59 Å². The molecule has 2 heterocycles. The van der Waals surface area contributed by atoms with Crippen LogP contribution in [0.15, 0.2) is 23.6 Å². The first kappa shape index (κ1) is 17.0. The van der Waals surface area contributed by atoms with Crippen molar-refractivity contribution in [1.82, 2.24) is 5.32 Å². The lowest BCUT2D eigenvalue weighted by Gasteiger charge is -2.03. The van der Waals surface area contributed by atoms with Crippen molar-refractivity contribution in [2.45, 2.75) is 13.3 Å². The minimum Gasteiger partial charge on any atom is -0.477 e. The SMILES string of the molecule is C#C.Cc1sc(C(=O)O)cc1C(=O)NCCc1cccs1. The Hall–Kier alpha value is -2.10. The van der Waals surface area contributed by atoms with Gasteiger partial charge in [-0.3, -0.25) is 4.79 Å². The van der Waals surface area contributed by atoms with Crippen LogP contribution in [0.3, 0.4) is 0 Å². The molecule has 0 unspecified atom stereocenters. The molecule has 2 aromatic rings. The molecule has 1 amide bonds. The Morgan fingerprint density at radius 3 is 2.62 bits per heavy atom. The van der Waals surface area contributed by atoms with Crippen molar-refractivity contribution >= 4 is 34.6 Å². The first-order chi connectivity index (χ1) is 10.1. The summed E-state index contributed by atoms with van der Waals surface area (Å²) >= 11 is 2.78. The lowest BCUT2D eigenvalue weighted by Crippen LogP contribution is -2.25. The first-order valence-electron chi connectivity index (χ1n) is 6.05. The molecule has 0 radical (unpaired) electrons. The number of terminal acetylenes is 1. The molecule has 2 rings (SSSR count). The van der Waals surface area contributed by atoms with Crippen molar-refractivity contribution in [3.63, 3.8) is 0 Å². The van der Waals surface area contributed by atoms with Gasteiger partial charge in [0.1, 0.15) is 4.88 Å². The van der Waals surface area contributed by atoms with Crippen LogP contribution >= 0.6 is 22.7 Å². The van der Waals surface area contributed by atoms with Gasteiger partial charge in [-0.2, -0.15) is 0 Å². The molecule has 0 bridgehead atoms. The third-order valence-electron chi connectivity index (χ3n) is 2.61. The predicted octanol–water partition coefficient (Wildman–Crippen LogP) is 3.04. The van der Waals surface area contributed by atoms with Crippen LogP contribution in [-0.2, 0) is 6.42 Å². The standard InChI is InChI=1S/C13H13NO3S2.C2H2/c1-8-10(7-11(19-8)13(16)17)12(15)14-5-4-9-3-2-6-18-9;1-2/h2-3,6-7H,4-5H2,1H3,(H,14,15)(H,16,17);1-2H. The average molecular weight is 321 g/mol. The Morgan fingerprint density at radius 2 is 2.10 bits per heavy atom. The number of aryl methyl sites for hydroxylation is 1. The van der Waals surface area contributed by atoms with Crippen LogP contribution in [0.2, 0.25) is 0 Å². The van der Waals surface area contributed by atoms with Crippen molar-refractivity contribution < 1.29 is 14.7 Å². The number of amides is 1. The summed E-state index contributed by atoms with van der Waals surface area (Å²) < 4.78 is 0. The maximum absolute atomic E-state index is 11.9. The molecule has 2 N–H and O–H groups in total. The zero-order valence-corrected chi connectivity index (χ0v) is 13.1. The molecule has 21 heavy (non-hydrogen) atoms. The quantitative estimate of drug-likeness (QED) is 0.832. The second-order valence-electron chi connectivity index (χ2n) is 3.97. The van der Waals surface area contributed by atoms with Crippen molar-refractivity contribution in [3.05, 3.63) is 43.8 Å². The highest BCUT2D eigenvalue weighted by Crippen LogP contribution is 2.21. The molecule has 0 fully saturated rings. The highest BCUT2D eigenvalue weighted by molar-refractivity contribution is 7.14. The van der Waals surface area contributed by atoms with E-state index in [2.05, 4.69) is 18.2 Å². The molecule has 0 saturated heterocycles. The van der Waals surface area contributed by atoms with Gasteiger partial charge in [-0.1, -0.05) is 6.07 Å². The van der Waals surface area contributed by atoms with Crippen LogP contribution in [0.1, 0.15) is 29.8 Å². The van der Waals surface area contributed by atoms with Gasteiger partial charge < -0.3 is 10.4 Å². The minimum absolute atomic E-state index is 0.195. The van der Waals surface area contributed by atoms with Crippen molar-refractivity contribution in [2.75, 3.05) is 6.54 Å². The Balaban J connectivity index is 0.00000106. The summed E-state index contributed by atoms with van der Waals surface area (Å²) in [5, 5.41) is 13.7. The summed E-state index contributed by atoms with van der Waals surface area (Å²) in [6.07, 6.45) is 8.79. The van der Waals surface area contributed by atoms with E-state index in [1.165, 1.54) is 10.9 Å². The van der Waals surface area contributed by atoms with Gasteiger partial charge in [0, 0.05) is 16.3 Å². The Labute approximate surface area is 131 Å². The molecule has 4 nitrogen and oxygen atoms in total. The highest BCUT2D eigenvalue weighted by Gasteiger charge is 2.16. The van der Waals surface area contributed by atoms with Crippen molar-refractivity contribution in [1.29, 1.82) is 0 Å². The van der Waals surface area contributed by atoms with Crippen molar-refractivity contribution in [2.24, 2.45) is 0 Å². The maximum atomic E-state index is 11.9. The van der Waals surface area contributed by atoms with E-state index in [1.54, 1.807) is 18.3 Å². The van der Waals surface area contributed by atoms with E-state index in [0.717, 1.165) is 22.6 Å². The molecular weight excluding hydrogens is 306 g/mol. The van der Waals surface area contributed by atoms with E-state index in [1.807, 2.05) is 17.5 Å². The fourth-order valence-corrected chi connectivity index (χ4v) is 3.23. The highest BCUT2D eigenvalue weighted by atomic mass is 32.1. The molecule has 0 aliphatic heterocycles. The van der Waals surface area contributed by atoms with Crippen molar-refractivity contribution in [3.8, 4) is 12.8 Å². The number of hydrogen-bond acceptors (Lipinski definition) is 4. The minimum atomic E-state index is -0.995. The molecule has 0 atom stereocenters. The fourth-order valence-electron chi connectivity index (χ4n) is 1.66. The third kappa shape index (κ3) is 4.74. The summed E-state index contributed by atoms with van der Waals surface area (Å²) in [5.41, 5.74) is 0.452. The van der Waals surface area contributed by atoms with Gasteiger partial charge in [-0.05, 0) is 30.9 Å². The van der Waals surface area contributed by atoms with Gasteiger partial charge in [0.15, 0.2) is 0 Å². The van der Waals surface area contributed by atoms with E-state index in [4.69, 9.17) is 5.11 Å². The molecule has 0 aliphatic carbocycles. The third-order valence-corrected chi connectivity index (χ3v) is 4.58. The molecular formula is C15H15NO3S2. The number of nitrogens with one attached hydrogen (secondary N) is 1. The van der Waals surface area contributed by atoms with Crippen LogP contribution in [0, 0.1) is 19.8 Å². The van der Waals surface area contributed by atoms with Crippen LogP contribution in [0.4, 0.5) is 0 Å². The number of carbonyl (C=O) groups is 2. The van der Waals surface area contributed by atoms with Gasteiger partial charge in [0.25, 0.3) is 5.91 Å². The van der Waals surface area contributed by atoms with Gasteiger partial charge >= 0.3 is 5.97 Å². The van der Waals surface area contributed by atoms with Gasteiger partial charge in [-0.25, -0.2) is 4.79 Å². The molecule has 6 heteroatoms. The lowest BCUT2D eigenvalue weighted by molar-refractivity contribution is 0.0702. The average Bonchev–Trinajstić information content (AvgIpc) is 3.10. The second kappa shape index (κ2) is 8.25. The number of rotatable bonds is 5. The number of carboxylic acid groups (broad SMARTS) is 1. The Morgan fingerprint density at radius 1 is 1.38 bits per heavy atom. The smallest absolute Gasteiger partial charge is 0.345 e. The number of thiophene rings is 2. The van der Waals surface area contributed by atoms with Gasteiger partial charge in [0.05, 0.1) is 5.56 Å². The monoisotopic (exact) mass is 321 g/mol. The predicted molar refractivity (Wildman–Crippen MR) is 86.3 cm³/mol. The summed E-state index contributed by atoms with van der Waals surface area (Å²) in [4.78, 5) is 24.9. The zero-order valence-electron chi connectivity index (χ0n) is 11.5. The first-order valence-corrected chi connectivity index (χ1v) is 7.75. The van der Waals surface area contributed by atoms with E-state index in [0.29, 0.717) is 12.1 Å². The molecule has 0 aliphatic rings. The normalized spacial score (nSPS) is 9.48. The summed E-state index contributed by atoms with van der Waals surface area (Å²) in [6, 6.07) is 5.43. The van der Waals surface area contributed by atoms with E-state index < -0.39 is 5.97 Å². The maximum Gasteiger partial charge on any atom is 0.345 e. The van der Waals surface area contributed by atoms with Crippen LogP contribution in [0.25, 0.3) is 0 Å². The van der Waals surface area contributed by atoms with E-state index in [-0.39, 0.29) is 10.8 Å². The molecule has 2 aromatic heterocycles. The summed E-state index contributed by atoms with van der Waals surface area (Å²) in [5.74, 6) is -1.21. The molecule has 110 valence electrons. The van der Waals surface area contributed by atoms with Crippen LogP contribution in [-0.4, -0.2) is 23.5 Å². The van der Waals surface area contributed by atoms with Crippen LogP contribution in [0.5, 0.6) is 0 Å². The van der Waals surface area contributed by atoms with Crippen LogP contribution < -0.4 is 5.32 Å². The molecule has 0 aromatic carbocycles. The number of aromatic carboxylic acids is 1. The number of carboxylic acids is 1.